The Labute approximate surface area is 87.2 Å². The van der Waals surface area contributed by atoms with Crippen LogP contribution in [-0.4, -0.2) is 22.8 Å². The highest BCUT2D eigenvalue weighted by Crippen LogP contribution is 2.30. The van der Waals surface area contributed by atoms with Crippen molar-refractivity contribution in [3.05, 3.63) is 30.0 Å². The lowest BCUT2D eigenvalue weighted by Gasteiger charge is -2.19. The zero-order valence-electron chi connectivity index (χ0n) is 13.8. The molecule has 68 valence electrons. The number of rotatable bonds is 1. The van der Waals surface area contributed by atoms with Gasteiger partial charge in [0.1, 0.15) is 0 Å². The molecule has 1 aliphatic heterocycles. The Kier molecular flexibility index (Phi) is 0.829. The lowest BCUT2D eigenvalue weighted by molar-refractivity contribution is -0.127. The number of hydrogen-bond donors (Lipinski definition) is 0. The summed E-state index contributed by atoms with van der Waals surface area (Å²) in [6, 6.07) is -1.85. The van der Waals surface area contributed by atoms with E-state index in [0.717, 1.165) is 0 Å². The van der Waals surface area contributed by atoms with Crippen LogP contribution in [-0.2, 0) is 4.79 Å². The number of nitrogens with zero attached hydrogens (tertiary/aromatic N) is 2. The zero-order chi connectivity index (χ0) is 15.2. The van der Waals surface area contributed by atoms with E-state index in [1.54, 1.807) is 0 Å². The van der Waals surface area contributed by atoms with Crippen LogP contribution in [0, 0.1) is 0 Å². The fourth-order valence-electron chi connectivity index (χ4n) is 1.35. The van der Waals surface area contributed by atoms with Gasteiger partial charge in [0.05, 0.1) is 11.5 Å². The first-order valence-corrected chi connectivity index (χ1v) is 3.91. The van der Waals surface area contributed by atoms with Crippen LogP contribution < -0.4 is 0 Å². The third-order valence-electron chi connectivity index (χ3n) is 2.03. The number of hydrogen-bond acceptors (Lipinski definition) is 2. The second-order valence-electron chi connectivity index (χ2n) is 2.82. The lowest BCUT2D eigenvalue weighted by atomic mass is 10.1. The van der Waals surface area contributed by atoms with Gasteiger partial charge in [0.15, 0.2) is 0 Å². The number of likely N-dealkylation sites (tertiary alicyclic amines) is 1. The van der Waals surface area contributed by atoms with Gasteiger partial charge in [-0.1, -0.05) is 6.04 Å². The van der Waals surface area contributed by atoms with Crippen molar-refractivity contribution in [2.24, 2.45) is 0 Å². The van der Waals surface area contributed by atoms with E-state index in [2.05, 4.69) is 4.98 Å². The quantitative estimate of drug-likeness (QED) is 0.659. The van der Waals surface area contributed by atoms with Gasteiger partial charge >= 0.3 is 0 Å². The van der Waals surface area contributed by atoms with Gasteiger partial charge < -0.3 is 4.90 Å². The van der Waals surface area contributed by atoms with Gasteiger partial charge in [-0.25, -0.2) is 0 Å². The normalized spacial score (nSPS) is 31.1. The first-order valence-electron chi connectivity index (χ1n) is 7.41. The highest BCUT2D eigenvalue weighted by atomic mass is 16.2. The van der Waals surface area contributed by atoms with E-state index < -0.39 is 43.4 Å². The maximum Gasteiger partial charge on any atom is 0.222 e. The van der Waals surface area contributed by atoms with E-state index in [1.807, 2.05) is 0 Å². The summed E-state index contributed by atoms with van der Waals surface area (Å²) in [4.78, 5) is 15.9. The fourth-order valence-corrected chi connectivity index (χ4v) is 1.35. The summed E-state index contributed by atoms with van der Waals surface area (Å²) >= 11 is 0. The monoisotopic (exact) mass is 183 g/mol. The average molecular weight is 183 g/mol. The van der Waals surface area contributed by atoms with Gasteiger partial charge in [0, 0.05) is 29.9 Å². The first kappa shape index (κ1) is 3.40. The van der Waals surface area contributed by atoms with E-state index in [1.165, 1.54) is 0 Å². The molecule has 1 atom stereocenters. The van der Waals surface area contributed by atoms with Crippen molar-refractivity contribution in [3.63, 3.8) is 0 Å². The molecule has 2 heterocycles. The molecule has 0 saturated carbocycles. The van der Waals surface area contributed by atoms with Crippen LogP contribution in [0.2, 0.25) is 0 Å². The van der Waals surface area contributed by atoms with Gasteiger partial charge in [-0.15, -0.1) is 0 Å². The number of pyridine rings is 1. The Morgan fingerprint density at radius 1 is 1.85 bits per heavy atom. The minimum absolute atomic E-state index is 0.0118. The molecule has 1 aromatic rings. The molecule has 2 rings (SSSR count). The molecule has 0 aliphatic carbocycles. The summed E-state index contributed by atoms with van der Waals surface area (Å²) in [6.07, 6.45) is -0.760. The number of aromatic nitrogens is 1. The number of carbonyl (C=O) groups excluding carboxylic acids is 1. The molecule has 1 fully saturated rings. The summed E-state index contributed by atoms with van der Waals surface area (Å²) in [6.45, 7) is -2.67. The molecule has 0 radical (unpaired) electrons. The summed E-state index contributed by atoms with van der Waals surface area (Å²) in [5, 5.41) is 0. The molecular formula is C10H12N2O. The SMILES string of the molecule is [2H]c1nc([2H])c([C@@H]2CCC(=O)N2C([2H])([2H])[2H])c([2H])c1[2H]. The van der Waals surface area contributed by atoms with Crippen molar-refractivity contribution < 1.29 is 14.4 Å². The van der Waals surface area contributed by atoms with Crippen LogP contribution in [0.3, 0.4) is 0 Å². The molecule has 3 heteroatoms. The Morgan fingerprint density at radius 3 is 3.62 bits per heavy atom. The Bertz CT molecular complexity index is 572. The Morgan fingerprint density at radius 2 is 2.77 bits per heavy atom. The van der Waals surface area contributed by atoms with E-state index in [9.17, 15) is 4.79 Å². The molecule has 13 heavy (non-hydrogen) atoms. The second-order valence-corrected chi connectivity index (χ2v) is 2.82. The highest BCUT2D eigenvalue weighted by molar-refractivity contribution is 5.78. The predicted molar refractivity (Wildman–Crippen MR) is 49.0 cm³/mol. The third-order valence-corrected chi connectivity index (χ3v) is 2.03. The molecule has 0 unspecified atom stereocenters. The third kappa shape index (κ3) is 1.41. The standard InChI is InChI=1S/C10H12N2O/c1-12-9(4-5-10(12)13)8-3-2-6-11-7-8/h2-3,6-7,9H,4-5H2,1H3/t9-/m0/s1/i1D3,2D,3D,6D,7D. The van der Waals surface area contributed by atoms with Gasteiger partial charge in [0.25, 0.3) is 0 Å². The molecule has 3 nitrogen and oxygen atoms in total. The van der Waals surface area contributed by atoms with Gasteiger partial charge in [0.2, 0.25) is 5.91 Å². The molecule has 1 aromatic heterocycles. The van der Waals surface area contributed by atoms with E-state index in [4.69, 9.17) is 9.60 Å². The van der Waals surface area contributed by atoms with E-state index in [0.29, 0.717) is 4.90 Å². The lowest BCUT2D eigenvalue weighted by Crippen LogP contribution is -2.22. The van der Waals surface area contributed by atoms with Crippen molar-refractivity contribution in [1.82, 2.24) is 9.88 Å². The van der Waals surface area contributed by atoms with Crippen LogP contribution in [0.25, 0.3) is 0 Å². The topological polar surface area (TPSA) is 33.2 Å². The van der Waals surface area contributed by atoms with Crippen molar-refractivity contribution in [1.29, 1.82) is 0 Å². The number of carbonyl (C=O) groups is 1. The molecule has 1 saturated heterocycles. The van der Waals surface area contributed by atoms with Crippen LogP contribution in [0.15, 0.2) is 24.4 Å². The maximum absolute atomic E-state index is 11.7. The average Bonchev–Trinajstić information content (AvgIpc) is 2.68. The first-order chi connectivity index (χ1) is 9.14. The zero-order valence-corrected chi connectivity index (χ0v) is 6.79. The summed E-state index contributed by atoms with van der Waals surface area (Å²) in [5.41, 5.74) is -0.0759. The van der Waals surface area contributed by atoms with Crippen molar-refractivity contribution in [2.45, 2.75) is 18.9 Å². The molecule has 0 aromatic carbocycles. The molecular weight excluding hydrogens is 164 g/mol. The largest absolute Gasteiger partial charge is 0.339 e. The van der Waals surface area contributed by atoms with Crippen molar-refractivity contribution in [2.75, 3.05) is 6.98 Å². The van der Waals surface area contributed by atoms with Crippen molar-refractivity contribution in [3.8, 4) is 0 Å². The molecule has 1 amide bonds. The van der Waals surface area contributed by atoms with E-state index in [-0.39, 0.29) is 18.4 Å². The number of amides is 1. The molecule has 0 bridgehead atoms. The second kappa shape index (κ2) is 3.17. The van der Waals surface area contributed by atoms with Crippen LogP contribution in [0.4, 0.5) is 0 Å². The highest BCUT2D eigenvalue weighted by Gasteiger charge is 2.28. The minimum atomic E-state index is -2.67. The summed E-state index contributed by atoms with van der Waals surface area (Å²) in [5.74, 6) is -0.574. The van der Waals surface area contributed by atoms with Crippen LogP contribution >= 0.6 is 0 Å². The van der Waals surface area contributed by atoms with Crippen molar-refractivity contribution >= 4 is 5.91 Å². The Hall–Kier alpha value is -1.38. The van der Waals surface area contributed by atoms with Crippen LogP contribution in [0.1, 0.15) is 34.0 Å². The predicted octanol–water partition coefficient (Wildman–Crippen LogP) is 1.37. The molecule has 1 aliphatic rings. The summed E-state index contributed by atoms with van der Waals surface area (Å²) < 4.78 is 52.6. The van der Waals surface area contributed by atoms with Gasteiger partial charge in [-0.2, -0.15) is 0 Å². The smallest absolute Gasteiger partial charge is 0.222 e. The maximum atomic E-state index is 11.7. The molecule has 0 N–H and O–H groups in total. The van der Waals surface area contributed by atoms with Crippen LogP contribution in [0.5, 0.6) is 0 Å². The van der Waals surface area contributed by atoms with Gasteiger partial charge in [-0.3, -0.25) is 9.78 Å². The van der Waals surface area contributed by atoms with Gasteiger partial charge in [-0.05, 0) is 18.0 Å². The minimum Gasteiger partial charge on any atom is -0.339 e. The fraction of sp³-hybridized carbons (Fsp3) is 0.400. The van der Waals surface area contributed by atoms with E-state index >= 15 is 0 Å². The summed E-state index contributed by atoms with van der Waals surface area (Å²) in [7, 11) is 0. The molecule has 0 spiro atoms. The Balaban J connectivity index is 2.57.